The van der Waals surface area contributed by atoms with E-state index in [-0.39, 0.29) is 11.7 Å². The van der Waals surface area contributed by atoms with E-state index >= 15 is 0 Å². The van der Waals surface area contributed by atoms with E-state index in [1.165, 1.54) is 18.0 Å². The molecule has 0 fully saturated rings. The molecule has 4 aromatic rings. The van der Waals surface area contributed by atoms with E-state index < -0.39 is 0 Å². The summed E-state index contributed by atoms with van der Waals surface area (Å²) in [5.41, 5.74) is 3.67. The first kappa shape index (κ1) is 18.3. The van der Waals surface area contributed by atoms with Gasteiger partial charge in [0.05, 0.1) is 32.4 Å². The molecule has 0 saturated carbocycles. The molecule has 1 aromatic carbocycles. The number of para-hydroxylation sites is 2. The predicted octanol–water partition coefficient (Wildman–Crippen LogP) is 4.45. The van der Waals surface area contributed by atoms with Crippen LogP contribution >= 0.6 is 23.4 Å². The molecule has 0 aliphatic carbocycles. The summed E-state index contributed by atoms with van der Waals surface area (Å²) in [7, 11) is 0. The van der Waals surface area contributed by atoms with E-state index in [4.69, 9.17) is 11.6 Å². The fourth-order valence-electron chi connectivity index (χ4n) is 2.93. The van der Waals surface area contributed by atoms with Crippen molar-refractivity contribution in [3.05, 3.63) is 64.8 Å². The Hall–Kier alpha value is -3.08. The van der Waals surface area contributed by atoms with Crippen molar-refractivity contribution in [2.75, 3.05) is 11.1 Å². The third kappa shape index (κ3) is 3.40. The van der Waals surface area contributed by atoms with Crippen LogP contribution in [0.3, 0.4) is 0 Å². The zero-order valence-corrected chi connectivity index (χ0v) is 16.4. The van der Waals surface area contributed by atoms with Gasteiger partial charge in [-0.3, -0.25) is 9.20 Å². The Morgan fingerprint density at radius 3 is 2.89 bits per heavy atom. The Kier molecular flexibility index (Phi) is 4.90. The lowest BCUT2D eigenvalue weighted by Gasteiger charge is -2.10. The second kappa shape index (κ2) is 7.50. The maximum absolute atomic E-state index is 12.3. The van der Waals surface area contributed by atoms with Crippen molar-refractivity contribution in [1.82, 2.24) is 14.4 Å². The van der Waals surface area contributed by atoms with Crippen LogP contribution in [0.15, 0.2) is 53.7 Å². The first-order valence-corrected chi connectivity index (χ1v) is 9.78. The predicted molar refractivity (Wildman–Crippen MR) is 111 cm³/mol. The minimum atomic E-state index is -0.181. The number of hydrogen-bond acceptors (Lipinski definition) is 5. The quantitative estimate of drug-likeness (QED) is 0.505. The number of carbonyl (C=O) groups excluding carboxylic acids is 1. The molecule has 0 saturated heterocycles. The third-order valence-corrected chi connectivity index (χ3v) is 5.42. The number of thioether (sulfide) groups is 1. The summed E-state index contributed by atoms with van der Waals surface area (Å²) in [5.74, 6) is 0.459. The highest BCUT2D eigenvalue weighted by molar-refractivity contribution is 7.99. The van der Waals surface area contributed by atoms with Gasteiger partial charge >= 0.3 is 0 Å². The van der Waals surface area contributed by atoms with Crippen molar-refractivity contribution in [1.29, 1.82) is 5.26 Å². The smallest absolute Gasteiger partial charge is 0.235 e. The molecule has 0 bridgehead atoms. The van der Waals surface area contributed by atoms with Crippen LogP contribution in [-0.2, 0) is 4.79 Å². The normalized spacial score (nSPS) is 10.9. The van der Waals surface area contributed by atoms with Gasteiger partial charge in [0.15, 0.2) is 5.65 Å². The summed E-state index contributed by atoms with van der Waals surface area (Å²) >= 11 is 7.19. The number of benzene rings is 1. The van der Waals surface area contributed by atoms with E-state index in [1.807, 2.05) is 41.7 Å². The van der Waals surface area contributed by atoms with E-state index in [2.05, 4.69) is 21.4 Å². The molecule has 4 rings (SSSR count). The first-order valence-electron chi connectivity index (χ1n) is 8.42. The van der Waals surface area contributed by atoms with E-state index in [0.29, 0.717) is 22.1 Å². The van der Waals surface area contributed by atoms with Gasteiger partial charge in [0.25, 0.3) is 0 Å². The number of pyridine rings is 2. The monoisotopic (exact) mass is 407 g/mol. The van der Waals surface area contributed by atoms with Crippen LogP contribution < -0.4 is 5.32 Å². The number of nitrogens with zero attached hydrogens (tertiary/aromatic N) is 4. The number of nitrogens with one attached hydrogen (secondary N) is 1. The van der Waals surface area contributed by atoms with Crippen LogP contribution in [0, 0.1) is 18.3 Å². The van der Waals surface area contributed by atoms with Gasteiger partial charge in [0, 0.05) is 6.20 Å². The largest absolute Gasteiger partial charge is 0.310 e. The lowest BCUT2D eigenvalue weighted by molar-refractivity contribution is -0.113. The van der Waals surface area contributed by atoms with Crippen molar-refractivity contribution in [2.24, 2.45) is 0 Å². The van der Waals surface area contributed by atoms with Crippen molar-refractivity contribution in [3.8, 4) is 6.07 Å². The number of imidazole rings is 1. The molecule has 0 unspecified atom stereocenters. The van der Waals surface area contributed by atoms with Gasteiger partial charge in [-0.05, 0) is 42.8 Å². The summed E-state index contributed by atoms with van der Waals surface area (Å²) in [5, 5.41) is 13.6. The number of anilines is 1. The Morgan fingerprint density at radius 1 is 1.32 bits per heavy atom. The molecule has 0 radical (unpaired) electrons. The molecule has 1 N–H and O–H groups in total. The van der Waals surface area contributed by atoms with E-state index in [1.54, 1.807) is 12.1 Å². The molecule has 8 heteroatoms. The molecule has 6 nitrogen and oxygen atoms in total. The van der Waals surface area contributed by atoms with Crippen LogP contribution in [0.5, 0.6) is 0 Å². The number of halogens is 1. The highest BCUT2D eigenvalue weighted by Crippen LogP contribution is 2.29. The van der Waals surface area contributed by atoms with E-state index in [9.17, 15) is 10.1 Å². The number of carbonyl (C=O) groups is 1. The summed E-state index contributed by atoms with van der Waals surface area (Å²) in [4.78, 5) is 21.0. The summed E-state index contributed by atoms with van der Waals surface area (Å²) in [6.07, 6.45) is 1.48. The molecule has 28 heavy (non-hydrogen) atoms. The maximum atomic E-state index is 12.3. The molecule has 0 aliphatic heterocycles. The molecule has 3 heterocycles. The molecular formula is C20H14ClN5OS. The molecule has 0 aliphatic rings. The van der Waals surface area contributed by atoms with Crippen LogP contribution in [0.2, 0.25) is 5.02 Å². The van der Waals surface area contributed by atoms with Gasteiger partial charge < -0.3 is 5.32 Å². The first-order chi connectivity index (χ1) is 13.6. The van der Waals surface area contributed by atoms with E-state index in [0.717, 1.165) is 21.6 Å². The van der Waals surface area contributed by atoms with Gasteiger partial charge in [0.2, 0.25) is 5.91 Å². The Labute approximate surface area is 170 Å². The lowest BCUT2D eigenvalue weighted by atomic mass is 10.2. The van der Waals surface area contributed by atoms with Gasteiger partial charge in [-0.2, -0.15) is 5.26 Å². The highest BCUT2D eigenvalue weighted by atomic mass is 35.5. The lowest BCUT2D eigenvalue weighted by Crippen LogP contribution is -2.15. The van der Waals surface area contributed by atoms with Crippen molar-refractivity contribution >= 4 is 51.8 Å². The minimum absolute atomic E-state index is 0.181. The zero-order valence-electron chi connectivity index (χ0n) is 14.8. The Balaban J connectivity index is 1.66. The number of hydrogen-bond donors (Lipinski definition) is 1. The standard InChI is InChI=1S/C20H14ClN5OS/c1-12-8-19(28-11-18(27)25-17-7-6-13(21)10-23-17)26-16-5-3-2-4-15(16)24-20(26)14(12)9-22/h2-8,10H,11H2,1H3,(H,23,25,27). The second-order valence-corrected chi connectivity index (χ2v) is 7.54. The van der Waals surface area contributed by atoms with Gasteiger partial charge in [-0.1, -0.05) is 35.5 Å². The van der Waals surface area contributed by atoms with Gasteiger partial charge in [0.1, 0.15) is 11.9 Å². The van der Waals surface area contributed by atoms with Gasteiger partial charge in [-0.25, -0.2) is 9.97 Å². The summed E-state index contributed by atoms with van der Waals surface area (Å²) in [6, 6.07) is 15.2. The highest BCUT2D eigenvalue weighted by Gasteiger charge is 2.16. The topological polar surface area (TPSA) is 83.1 Å². The summed E-state index contributed by atoms with van der Waals surface area (Å²) in [6.45, 7) is 1.87. The molecule has 138 valence electrons. The maximum Gasteiger partial charge on any atom is 0.235 e. The molecule has 3 aromatic heterocycles. The van der Waals surface area contributed by atoms with Crippen LogP contribution in [0.4, 0.5) is 5.82 Å². The van der Waals surface area contributed by atoms with Crippen molar-refractivity contribution < 1.29 is 4.79 Å². The van der Waals surface area contributed by atoms with Crippen molar-refractivity contribution in [2.45, 2.75) is 11.9 Å². The fraction of sp³-hybridized carbons (Fsp3) is 0.100. The number of aromatic nitrogens is 3. The van der Waals surface area contributed by atoms with Gasteiger partial charge in [-0.15, -0.1) is 0 Å². The Morgan fingerprint density at radius 2 is 2.14 bits per heavy atom. The molecule has 1 amide bonds. The number of aryl methyl sites for hydroxylation is 1. The fourth-order valence-corrected chi connectivity index (χ4v) is 3.96. The molecular weight excluding hydrogens is 394 g/mol. The molecule has 0 spiro atoms. The average Bonchev–Trinajstić information content (AvgIpc) is 3.07. The van der Waals surface area contributed by atoms with Crippen LogP contribution in [0.25, 0.3) is 16.7 Å². The Bertz CT molecular complexity index is 1240. The van der Waals surface area contributed by atoms with Crippen LogP contribution in [-0.4, -0.2) is 26.0 Å². The zero-order chi connectivity index (χ0) is 19.7. The third-order valence-electron chi connectivity index (χ3n) is 4.20. The SMILES string of the molecule is Cc1cc(SCC(=O)Nc2ccc(Cl)cn2)n2c(nc3ccccc32)c1C#N. The minimum Gasteiger partial charge on any atom is -0.310 e. The second-order valence-electron chi connectivity index (χ2n) is 6.11. The average molecular weight is 408 g/mol. The number of amides is 1. The van der Waals surface area contributed by atoms with Crippen LogP contribution in [0.1, 0.15) is 11.1 Å². The van der Waals surface area contributed by atoms with Crippen molar-refractivity contribution in [3.63, 3.8) is 0 Å². The number of nitriles is 1. The summed E-state index contributed by atoms with van der Waals surface area (Å²) < 4.78 is 1.93. The molecule has 0 atom stereocenters. The number of fused-ring (bicyclic) bond motifs is 3. The number of rotatable bonds is 4.